The Balaban J connectivity index is 2.46. The molecule has 6 nitrogen and oxygen atoms in total. The summed E-state index contributed by atoms with van der Waals surface area (Å²) in [7, 11) is 0. The maximum absolute atomic E-state index is 10.5. The Morgan fingerprint density at radius 3 is 2.71 bits per heavy atom. The summed E-state index contributed by atoms with van der Waals surface area (Å²) in [5.74, 6) is 0.397. The number of halogens is 1. The molecule has 1 aromatic carbocycles. The maximum Gasteiger partial charge on any atom is 0.271 e. The molecule has 0 heterocycles. The molecule has 0 saturated carbocycles. The Labute approximate surface area is 103 Å². The summed E-state index contributed by atoms with van der Waals surface area (Å²) >= 11 is 5.82. The van der Waals surface area contributed by atoms with Crippen molar-refractivity contribution >= 4 is 17.3 Å². The van der Waals surface area contributed by atoms with Crippen LogP contribution in [0.2, 0.25) is 5.02 Å². The number of hydrogen-bond donors (Lipinski definition) is 1. The number of benzene rings is 1. The molecule has 94 valence electrons. The van der Waals surface area contributed by atoms with Gasteiger partial charge in [0.1, 0.15) is 12.4 Å². The minimum atomic E-state index is -0.514. The van der Waals surface area contributed by atoms with E-state index in [2.05, 4.69) is 0 Å². The molecule has 0 spiro atoms. The molecule has 0 radical (unpaired) electrons. The van der Waals surface area contributed by atoms with Gasteiger partial charge >= 0.3 is 0 Å². The van der Waals surface area contributed by atoms with Gasteiger partial charge in [0.05, 0.1) is 23.2 Å². The molecule has 7 heteroatoms. The molecular formula is C10H13ClN2O4. The van der Waals surface area contributed by atoms with Crippen LogP contribution in [0, 0.1) is 10.1 Å². The second-order valence-corrected chi connectivity index (χ2v) is 3.53. The lowest BCUT2D eigenvalue weighted by Crippen LogP contribution is -2.13. The second kappa shape index (κ2) is 7.05. The highest BCUT2D eigenvalue weighted by atomic mass is 35.5. The summed E-state index contributed by atoms with van der Waals surface area (Å²) in [5.41, 5.74) is 5.17. The largest absolute Gasteiger partial charge is 0.490 e. The van der Waals surface area contributed by atoms with E-state index in [1.165, 1.54) is 18.2 Å². The van der Waals surface area contributed by atoms with Gasteiger partial charge in [-0.05, 0) is 6.07 Å². The van der Waals surface area contributed by atoms with E-state index in [9.17, 15) is 10.1 Å². The first-order valence-corrected chi connectivity index (χ1v) is 5.37. The van der Waals surface area contributed by atoms with Gasteiger partial charge in [-0.2, -0.15) is 0 Å². The third-order valence-corrected chi connectivity index (χ3v) is 2.17. The van der Waals surface area contributed by atoms with Crippen molar-refractivity contribution in [2.75, 3.05) is 26.4 Å². The zero-order valence-corrected chi connectivity index (χ0v) is 9.85. The number of non-ortho nitro benzene ring substituents is 1. The van der Waals surface area contributed by atoms with Crippen LogP contribution < -0.4 is 10.5 Å². The molecule has 0 aromatic heterocycles. The highest BCUT2D eigenvalue weighted by Crippen LogP contribution is 2.28. The smallest absolute Gasteiger partial charge is 0.271 e. The molecule has 0 amide bonds. The molecule has 0 atom stereocenters. The van der Waals surface area contributed by atoms with Gasteiger partial charge in [-0.25, -0.2) is 0 Å². The average Bonchev–Trinajstić information content (AvgIpc) is 2.30. The molecule has 0 saturated heterocycles. The van der Waals surface area contributed by atoms with Crippen molar-refractivity contribution in [2.45, 2.75) is 0 Å². The molecule has 0 aliphatic carbocycles. The molecule has 1 aromatic rings. The lowest BCUT2D eigenvalue weighted by atomic mass is 10.3. The van der Waals surface area contributed by atoms with Crippen LogP contribution >= 0.6 is 11.6 Å². The van der Waals surface area contributed by atoms with Crippen molar-refractivity contribution in [1.29, 1.82) is 0 Å². The molecule has 0 bridgehead atoms. The van der Waals surface area contributed by atoms with Gasteiger partial charge in [0.2, 0.25) is 0 Å². The van der Waals surface area contributed by atoms with Crippen LogP contribution in [0.15, 0.2) is 18.2 Å². The molecule has 0 fully saturated rings. The minimum Gasteiger partial charge on any atom is -0.490 e. The van der Waals surface area contributed by atoms with Gasteiger partial charge < -0.3 is 15.2 Å². The van der Waals surface area contributed by atoms with Gasteiger partial charge in [-0.1, -0.05) is 11.6 Å². The first-order chi connectivity index (χ1) is 8.15. The van der Waals surface area contributed by atoms with Gasteiger partial charge in [-0.15, -0.1) is 0 Å². The van der Waals surface area contributed by atoms with Crippen molar-refractivity contribution in [2.24, 2.45) is 5.73 Å². The Bertz CT molecular complexity index is 387. The standard InChI is InChI=1S/C10H13ClN2O4/c11-9-7-8(13(14)15)1-2-10(9)17-6-5-16-4-3-12/h1-2,7H,3-6,12H2. The SMILES string of the molecule is NCCOCCOc1ccc([N+](=O)[O-])cc1Cl. The van der Waals surface area contributed by atoms with Gasteiger partial charge in [0.15, 0.2) is 0 Å². The van der Waals surface area contributed by atoms with E-state index in [4.69, 9.17) is 26.8 Å². The number of hydrogen-bond acceptors (Lipinski definition) is 5. The van der Waals surface area contributed by atoms with Gasteiger partial charge in [0, 0.05) is 18.7 Å². The highest BCUT2D eigenvalue weighted by molar-refractivity contribution is 6.32. The third kappa shape index (κ3) is 4.56. The summed E-state index contributed by atoms with van der Waals surface area (Å²) in [6.07, 6.45) is 0. The Morgan fingerprint density at radius 1 is 1.35 bits per heavy atom. The Hall–Kier alpha value is -1.37. The van der Waals surface area contributed by atoms with E-state index in [1.807, 2.05) is 0 Å². The van der Waals surface area contributed by atoms with Crippen molar-refractivity contribution in [3.05, 3.63) is 33.3 Å². The number of ether oxygens (including phenoxy) is 2. The predicted molar refractivity (Wildman–Crippen MR) is 63.5 cm³/mol. The van der Waals surface area contributed by atoms with Crippen LogP contribution in [0.25, 0.3) is 0 Å². The fourth-order valence-electron chi connectivity index (χ4n) is 1.12. The van der Waals surface area contributed by atoms with Crippen LogP contribution in [-0.2, 0) is 4.74 Å². The summed E-state index contributed by atoms with van der Waals surface area (Å²) in [5, 5.41) is 10.7. The normalized spacial score (nSPS) is 10.2. The number of nitrogens with two attached hydrogens (primary N) is 1. The zero-order chi connectivity index (χ0) is 12.7. The van der Waals surface area contributed by atoms with E-state index in [0.717, 1.165) is 0 Å². The van der Waals surface area contributed by atoms with Crippen molar-refractivity contribution in [3.8, 4) is 5.75 Å². The first kappa shape index (κ1) is 13.7. The quantitative estimate of drug-likeness (QED) is 0.457. The maximum atomic E-state index is 10.5. The van der Waals surface area contributed by atoms with E-state index < -0.39 is 4.92 Å². The lowest BCUT2D eigenvalue weighted by molar-refractivity contribution is -0.384. The third-order valence-electron chi connectivity index (χ3n) is 1.87. The summed E-state index contributed by atoms with van der Waals surface area (Å²) in [6, 6.07) is 4.04. The molecule has 17 heavy (non-hydrogen) atoms. The zero-order valence-electron chi connectivity index (χ0n) is 9.10. The van der Waals surface area contributed by atoms with E-state index in [0.29, 0.717) is 32.1 Å². The topological polar surface area (TPSA) is 87.6 Å². The minimum absolute atomic E-state index is 0.0678. The van der Waals surface area contributed by atoms with Crippen LogP contribution in [-0.4, -0.2) is 31.3 Å². The van der Waals surface area contributed by atoms with Gasteiger partial charge in [-0.3, -0.25) is 10.1 Å². The molecule has 0 unspecified atom stereocenters. The predicted octanol–water partition coefficient (Wildman–Crippen LogP) is 1.60. The molecule has 0 aliphatic heterocycles. The Morgan fingerprint density at radius 2 is 2.12 bits per heavy atom. The summed E-state index contributed by atoms with van der Waals surface area (Å²) < 4.78 is 10.4. The molecular weight excluding hydrogens is 248 g/mol. The number of nitro benzene ring substituents is 1. The van der Waals surface area contributed by atoms with Gasteiger partial charge in [0.25, 0.3) is 5.69 Å². The molecule has 1 rings (SSSR count). The van der Waals surface area contributed by atoms with Crippen LogP contribution in [0.1, 0.15) is 0 Å². The fraction of sp³-hybridized carbons (Fsp3) is 0.400. The number of rotatable bonds is 7. The van der Waals surface area contributed by atoms with E-state index in [1.54, 1.807) is 0 Å². The van der Waals surface area contributed by atoms with Crippen molar-refractivity contribution < 1.29 is 14.4 Å². The van der Waals surface area contributed by atoms with Crippen LogP contribution in [0.5, 0.6) is 5.75 Å². The monoisotopic (exact) mass is 260 g/mol. The molecule has 2 N–H and O–H groups in total. The number of nitro groups is 1. The van der Waals surface area contributed by atoms with Crippen molar-refractivity contribution in [1.82, 2.24) is 0 Å². The fourth-order valence-corrected chi connectivity index (χ4v) is 1.35. The second-order valence-electron chi connectivity index (χ2n) is 3.12. The molecule has 0 aliphatic rings. The summed E-state index contributed by atoms with van der Waals surface area (Å²) in [6.45, 7) is 1.64. The van der Waals surface area contributed by atoms with E-state index >= 15 is 0 Å². The average molecular weight is 261 g/mol. The number of nitrogens with zero attached hydrogens (tertiary/aromatic N) is 1. The lowest BCUT2D eigenvalue weighted by Gasteiger charge is -2.07. The summed E-state index contributed by atoms with van der Waals surface area (Å²) in [4.78, 5) is 9.96. The van der Waals surface area contributed by atoms with Crippen LogP contribution in [0.3, 0.4) is 0 Å². The Kier molecular flexibility index (Phi) is 5.68. The highest BCUT2D eigenvalue weighted by Gasteiger charge is 2.09. The van der Waals surface area contributed by atoms with E-state index in [-0.39, 0.29) is 10.7 Å². The first-order valence-electron chi connectivity index (χ1n) is 4.99. The van der Waals surface area contributed by atoms with Crippen molar-refractivity contribution in [3.63, 3.8) is 0 Å². The van der Waals surface area contributed by atoms with Crippen LogP contribution in [0.4, 0.5) is 5.69 Å².